The predicted molar refractivity (Wildman–Crippen MR) is 124 cm³/mol. The van der Waals surface area contributed by atoms with Crippen molar-refractivity contribution in [3.8, 4) is 18.9 Å². The van der Waals surface area contributed by atoms with E-state index in [0.717, 1.165) is 34.3 Å². The number of aromatic amines is 1. The molecule has 0 bridgehead atoms. The van der Waals surface area contributed by atoms with E-state index in [-0.39, 0.29) is 0 Å². The maximum Gasteiger partial charge on any atom is 0.0966 e. The maximum atomic E-state index is 9.51. The van der Waals surface area contributed by atoms with Crippen molar-refractivity contribution in [2.24, 2.45) is 0 Å². The Bertz CT molecular complexity index is 1090. The van der Waals surface area contributed by atoms with Gasteiger partial charge in [0.15, 0.2) is 0 Å². The number of nitrogens with one attached hydrogen (secondary N) is 2. The molecule has 0 atom stereocenters. The van der Waals surface area contributed by atoms with E-state index in [1.54, 1.807) is 0 Å². The number of nitriles is 1. The molecule has 0 aliphatic carbocycles. The Balaban J connectivity index is 0.00000145. The molecule has 0 fully saturated rings. The van der Waals surface area contributed by atoms with Gasteiger partial charge in [-0.05, 0) is 49.6 Å². The van der Waals surface area contributed by atoms with E-state index in [4.69, 9.17) is 0 Å². The quantitative estimate of drug-likeness (QED) is 0.285. The predicted octanol–water partition coefficient (Wildman–Crippen LogP) is 6.68. The lowest BCUT2D eigenvalue weighted by Crippen LogP contribution is -2.05. The van der Waals surface area contributed by atoms with Crippen LogP contribution in [0.5, 0.6) is 0 Å². The first kappa shape index (κ1) is 21.4. The number of hydrogen-bond donors (Lipinski definition) is 2. The standard InChI is InChI=1S/C24H23N3.C2H2/c1-3-20(12-7-11-19-9-5-4-6-10-19)24(18(2)17-25)27-23-14-8-13-22-21(23)15-16-26-22;1-2/h3-11,13-16,26-27H,12H2,1-2H3;1-2H/b11-7+,20-3-,24-18-;. The molecule has 3 heteroatoms. The van der Waals surface area contributed by atoms with E-state index in [0.29, 0.717) is 5.57 Å². The average Bonchev–Trinajstić information content (AvgIpc) is 3.27. The van der Waals surface area contributed by atoms with E-state index >= 15 is 0 Å². The highest BCUT2D eigenvalue weighted by molar-refractivity contribution is 5.92. The molecule has 29 heavy (non-hydrogen) atoms. The summed E-state index contributed by atoms with van der Waals surface area (Å²) in [5.41, 5.74) is 5.86. The van der Waals surface area contributed by atoms with Gasteiger partial charge in [0.25, 0.3) is 0 Å². The lowest BCUT2D eigenvalue weighted by Gasteiger charge is -2.16. The zero-order valence-electron chi connectivity index (χ0n) is 16.8. The number of rotatable bonds is 6. The molecule has 0 radical (unpaired) electrons. The van der Waals surface area contributed by atoms with Gasteiger partial charge in [0.1, 0.15) is 0 Å². The largest absolute Gasteiger partial charge is 0.361 e. The van der Waals surface area contributed by atoms with Crippen molar-refractivity contribution >= 4 is 22.7 Å². The second kappa shape index (κ2) is 11.0. The van der Waals surface area contributed by atoms with Gasteiger partial charge >= 0.3 is 0 Å². The lowest BCUT2D eigenvalue weighted by atomic mass is 10.0. The fourth-order valence-corrected chi connectivity index (χ4v) is 3.05. The van der Waals surface area contributed by atoms with Gasteiger partial charge in [-0.25, -0.2) is 0 Å². The fourth-order valence-electron chi connectivity index (χ4n) is 3.05. The van der Waals surface area contributed by atoms with Gasteiger partial charge < -0.3 is 10.3 Å². The summed E-state index contributed by atoms with van der Waals surface area (Å²) >= 11 is 0. The van der Waals surface area contributed by atoms with Crippen molar-refractivity contribution in [2.75, 3.05) is 5.32 Å². The van der Waals surface area contributed by atoms with Gasteiger partial charge in [0.05, 0.1) is 17.3 Å². The fraction of sp³-hybridized carbons (Fsp3) is 0.115. The summed E-state index contributed by atoms with van der Waals surface area (Å²) in [5, 5.41) is 14.1. The number of allylic oxidation sites excluding steroid dienone is 4. The zero-order valence-corrected chi connectivity index (χ0v) is 16.8. The van der Waals surface area contributed by atoms with Gasteiger partial charge in [-0.15, -0.1) is 12.8 Å². The summed E-state index contributed by atoms with van der Waals surface area (Å²) in [6, 6.07) is 20.6. The third kappa shape index (κ3) is 5.51. The van der Waals surface area contributed by atoms with Crippen LogP contribution >= 0.6 is 0 Å². The lowest BCUT2D eigenvalue weighted by molar-refractivity contribution is 1.18. The summed E-state index contributed by atoms with van der Waals surface area (Å²) in [7, 11) is 0. The molecule has 1 aromatic heterocycles. The van der Waals surface area contributed by atoms with Crippen LogP contribution in [0.3, 0.4) is 0 Å². The Morgan fingerprint density at radius 1 is 1.10 bits per heavy atom. The first-order valence-corrected chi connectivity index (χ1v) is 9.37. The number of fused-ring (bicyclic) bond motifs is 1. The maximum absolute atomic E-state index is 9.51. The first-order valence-electron chi connectivity index (χ1n) is 9.37. The smallest absolute Gasteiger partial charge is 0.0966 e. The molecule has 0 aliphatic heterocycles. The van der Waals surface area contributed by atoms with Gasteiger partial charge in [-0.1, -0.05) is 54.6 Å². The van der Waals surface area contributed by atoms with E-state index in [1.807, 2.05) is 62.5 Å². The van der Waals surface area contributed by atoms with Crippen LogP contribution in [-0.4, -0.2) is 4.98 Å². The molecule has 0 saturated heterocycles. The third-order valence-electron chi connectivity index (χ3n) is 4.51. The molecule has 0 unspecified atom stereocenters. The second-order valence-electron chi connectivity index (χ2n) is 6.31. The van der Waals surface area contributed by atoms with Crippen LogP contribution < -0.4 is 5.32 Å². The summed E-state index contributed by atoms with van der Waals surface area (Å²) in [5.74, 6) is 0. The topological polar surface area (TPSA) is 51.6 Å². The van der Waals surface area contributed by atoms with Crippen molar-refractivity contribution in [1.29, 1.82) is 5.26 Å². The van der Waals surface area contributed by atoms with Crippen molar-refractivity contribution in [3.63, 3.8) is 0 Å². The van der Waals surface area contributed by atoms with Gasteiger partial charge in [0, 0.05) is 22.8 Å². The Kier molecular flexibility index (Phi) is 8.11. The molecule has 3 rings (SSSR count). The summed E-state index contributed by atoms with van der Waals surface area (Å²) < 4.78 is 0. The van der Waals surface area contributed by atoms with Crippen LogP contribution in [0.1, 0.15) is 25.8 Å². The van der Waals surface area contributed by atoms with Crippen LogP contribution in [0.2, 0.25) is 0 Å². The Morgan fingerprint density at radius 3 is 2.55 bits per heavy atom. The van der Waals surface area contributed by atoms with Gasteiger partial charge in [0.2, 0.25) is 0 Å². The molecular formula is C26H25N3. The Hall–Kier alpha value is -3.95. The Labute approximate surface area is 173 Å². The van der Waals surface area contributed by atoms with E-state index in [2.05, 4.69) is 59.6 Å². The van der Waals surface area contributed by atoms with Crippen molar-refractivity contribution in [3.05, 3.63) is 95.4 Å². The number of H-pyrrole nitrogens is 1. The number of anilines is 1. The van der Waals surface area contributed by atoms with Crippen molar-refractivity contribution < 1.29 is 0 Å². The van der Waals surface area contributed by atoms with Crippen LogP contribution in [0.4, 0.5) is 5.69 Å². The molecule has 3 nitrogen and oxygen atoms in total. The summed E-state index contributed by atoms with van der Waals surface area (Å²) in [4.78, 5) is 3.23. The molecule has 2 N–H and O–H groups in total. The highest BCUT2D eigenvalue weighted by Crippen LogP contribution is 2.27. The minimum atomic E-state index is 0.670. The molecule has 0 aliphatic rings. The van der Waals surface area contributed by atoms with Gasteiger partial charge in [-0.2, -0.15) is 5.26 Å². The molecule has 1 heterocycles. The van der Waals surface area contributed by atoms with Crippen LogP contribution in [0.25, 0.3) is 17.0 Å². The number of terminal acetylenes is 1. The van der Waals surface area contributed by atoms with E-state index in [1.165, 1.54) is 5.56 Å². The molecule has 2 aromatic carbocycles. The third-order valence-corrected chi connectivity index (χ3v) is 4.51. The molecular weight excluding hydrogens is 354 g/mol. The highest BCUT2D eigenvalue weighted by atomic mass is 14.9. The number of aromatic nitrogens is 1. The van der Waals surface area contributed by atoms with E-state index in [9.17, 15) is 5.26 Å². The number of hydrogen-bond acceptors (Lipinski definition) is 2. The van der Waals surface area contributed by atoms with Crippen LogP contribution in [0, 0.1) is 24.2 Å². The molecule has 3 aromatic rings. The summed E-state index contributed by atoms with van der Waals surface area (Å²) in [6.45, 7) is 3.86. The minimum absolute atomic E-state index is 0.670. The molecule has 0 saturated carbocycles. The normalized spacial score (nSPS) is 12.0. The van der Waals surface area contributed by atoms with Crippen molar-refractivity contribution in [2.45, 2.75) is 20.3 Å². The molecule has 0 spiro atoms. The van der Waals surface area contributed by atoms with Gasteiger partial charge in [-0.3, -0.25) is 0 Å². The SMILES string of the molecule is C#C.C/C=C(C/C=C/c1ccccc1)\C(Nc1cccc2[nH]ccc12)=C(/C)C#N. The monoisotopic (exact) mass is 379 g/mol. The van der Waals surface area contributed by atoms with Crippen LogP contribution in [-0.2, 0) is 0 Å². The number of benzene rings is 2. The molecule has 0 amide bonds. The highest BCUT2D eigenvalue weighted by Gasteiger charge is 2.10. The Morgan fingerprint density at radius 2 is 1.86 bits per heavy atom. The first-order chi connectivity index (χ1) is 14.2. The average molecular weight is 380 g/mol. The second-order valence-corrected chi connectivity index (χ2v) is 6.31. The van der Waals surface area contributed by atoms with E-state index < -0.39 is 0 Å². The summed E-state index contributed by atoms with van der Waals surface area (Å²) in [6.07, 6.45) is 17.0. The number of nitrogens with zero attached hydrogens (tertiary/aromatic N) is 1. The van der Waals surface area contributed by atoms with Crippen LogP contribution in [0.15, 0.2) is 89.8 Å². The van der Waals surface area contributed by atoms with Crippen molar-refractivity contribution in [1.82, 2.24) is 4.98 Å². The zero-order chi connectivity index (χ0) is 21.1. The minimum Gasteiger partial charge on any atom is -0.361 e. The molecule has 144 valence electrons.